The standard InChI is InChI=1S/C18H20N2O4S/c1-14-5-7-16(8-6-14)19-18(21)15-3-2-4-17(13-15)25(22,23)20-9-11-24-12-10-20/h2-8,13H,9-12H2,1H3,(H,19,21). The molecule has 6 nitrogen and oxygen atoms in total. The van der Waals surface area contributed by atoms with E-state index in [2.05, 4.69) is 5.32 Å². The molecule has 2 aromatic carbocycles. The van der Waals surface area contributed by atoms with Gasteiger partial charge in [-0.05, 0) is 37.3 Å². The van der Waals surface area contributed by atoms with E-state index in [0.717, 1.165) is 5.56 Å². The molecule has 0 bridgehead atoms. The molecular formula is C18H20N2O4S. The van der Waals surface area contributed by atoms with E-state index in [4.69, 9.17) is 4.74 Å². The van der Waals surface area contributed by atoms with Crippen LogP contribution < -0.4 is 5.32 Å². The number of hydrogen-bond donors (Lipinski definition) is 1. The third kappa shape index (κ3) is 4.07. The highest BCUT2D eigenvalue weighted by molar-refractivity contribution is 7.89. The SMILES string of the molecule is Cc1ccc(NC(=O)c2cccc(S(=O)(=O)N3CCOCC3)c2)cc1. The Hall–Kier alpha value is -2.22. The summed E-state index contributed by atoms with van der Waals surface area (Å²) in [4.78, 5) is 12.5. The van der Waals surface area contributed by atoms with Crippen LogP contribution in [0.4, 0.5) is 5.69 Å². The monoisotopic (exact) mass is 360 g/mol. The summed E-state index contributed by atoms with van der Waals surface area (Å²) in [6.07, 6.45) is 0. The Labute approximate surface area is 147 Å². The van der Waals surface area contributed by atoms with E-state index in [1.165, 1.54) is 16.4 Å². The van der Waals surface area contributed by atoms with Crippen molar-refractivity contribution in [2.45, 2.75) is 11.8 Å². The van der Waals surface area contributed by atoms with Crippen LogP contribution in [0.15, 0.2) is 53.4 Å². The Kier molecular flexibility index (Phi) is 5.17. The van der Waals surface area contributed by atoms with Crippen molar-refractivity contribution >= 4 is 21.6 Å². The quantitative estimate of drug-likeness (QED) is 0.907. The molecule has 1 aliphatic heterocycles. The van der Waals surface area contributed by atoms with Gasteiger partial charge in [-0.1, -0.05) is 23.8 Å². The molecule has 0 atom stereocenters. The van der Waals surface area contributed by atoms with Crippen LogP contribution in [0.25, 0.3) is 0 Å². The predicted molar refractivity (Wildman–Crippen MR) is 95.2 cm³/mol. The van der Waals surface area contributed by atoms with Crippen molar-refractivity contribution in [1.82, 2.24) is 4.31 Å². The van der Waals surface area contributed by atoms with Crippen LogP contribution in [0.1, 0.15) is 15.9 Å². The second-order valence-corrected chi connectivity index (χ2v) is 7.80. The lowest BCUT2D eigenvalue weighted by Gasteiger charge is -2.26. The Balaban J connectivity index is 1.80. The normalized spacial score (nSPS) is 15.7. The lowest BCUT2D eigenvalue weighted by atomic mass is 10.2. The van der Waals surface area contributed by atoms with E-state index in [1.54, 1.807) is 12.1 Å². The lowest BCUT2D eigenvalue weighted by Crippen LogP contribution is -2.40. The van der Waals surface area contributed by atoms with E-state index < -0.39 is 10.0 Å². The Morgan fingerprint density at radius 1 is 1.08 bits per heavy atom. The average molecular weight is 360 g/mol. The highest BCUT2D eigenvalue weighted by Gasteiger charge is 2.26. The van der Waals surface area contributed by atoms with Crippen molar-refractivity contribution in [3.63, 3.8) is 0 Å². The van der Waals surface area contributed by atoms with E-state index in [1.807, 2.05) is 31.2 Å². The molecule has 0 unspecified atom stereocenters. The average Bonchev–Trinajstić information content (AvgIpc) is 2.64. The van der Waals surface area contributed by atoms with Crippen molar-refractivity contribution < 1.29 is 17.9 Å². The van der Waals surface area contributed by atoms with Crippen LogP contribution in [-0.2, 0) is 14.8 Å². The minimum atomic E-state index is -3.62. The summed E-state index contributed by atoms with van der Waals surface area (Å²) in [7, 11) is -3.62. The Bertz CT molecular complexity index is 857. The van der Waals surface area contributed by atoms with Crippen LogP contribution >= 0.6 is 0 Å². The van der Waals surface area contributed by atoms with Gasteiger partial charge in [-0.15, -0.1) is 0 Å². The molecule has 0 spiro atoms. The lowest BCUT2D eigenvalue weighted by molar-refractivity contribution is 0.0730. The van der Waals surface area contributed by atoms with Crippen LogP contribution in [0.2, 0.25) is 0 Å². The molecule has 0 radical (unpaired) electrons. The van der Waals surface area contributed by atoms with E-state index >= 15 is 0 Å². The fourth-order valence-electron chi connectivity index (χ4n) is 2.57. The summed E-state index contributed by atoms with van der Waals surface area (Å²) in [5.41, 5.74) is 2.06. The maximum Gasteiger partial charge on any atom is 0.255 e. The zero-order chi connectivity index (χ0) is 17.9. The molecule has 1 heterocycles. The number of amides is 1. The third-order valence-corrected chi connectivity index (χ3v) is 5.91. The first kappa shape index (κ1) is 17.6. The number of hydrogen-bond acceptors (Lipinski definition) is 4. The fourth-order valence-corrected chi connectivity index (χ4v) is 4.03. The first-order chi connectivity index (χ1) is 12.0. The molecule has 0 aliphatic carbocycles. The Morgan fingerprint density at radius 3 is 2.44 bits per heavy atom. The van der Waals surface area contributed by atoms with E-state index in [-0.39, 0.29) is 10.8 Å². The summed E-state index contributed by atoms with van der Waals surface area (Å²) in [5, 5.41) is 2.78. The van der Waals surface area contributed by atoms with Crippen LogP contribution in [0, 0.1) is 6.92 Å². The molecule has 1 N–H and O–H groups in total. The predicted octanol–water partition coefficient (Wildman–Crippen LogP) is 2.27. The van der Waals surface area contributed by atoms with Gasteiger partial charge in [0.2, 0.25) is 10.0 Å². The number of aryl methyl sites for hydroxylation is 1. The number of anilines is 1. The number of sulfonamides is 1. The maximum absolute atomic E-state index is 12.7. The molecule has 1 amide bonds. The molecule has 7 heteroatoms. The number of benzene rings is 2. The Morgan fingerprint density at radius 2 is 1.76 bits per heavy atom. The number of carbonyl (C=O) groups is 1. The highest BCUT2D eigenvalue weighted by Crippen LogP contribution is 2.19. The molecule has 3 rings (SSSR count). The third-order valence-electron chi connectivity index (χ3n) is 4.01. The van der Waals surface area contributed by atoms with Gasteiger partial charge in [0, 0.05) is 24.3 Å². The van der Waals surface area contributed by atoms with Crippen LogP contribution in [-0.4, -0.2) is 44.9 Å². The number of rotatable bonds is 4. The van der Waals surface area contributed by atoms with E-state index in [0.29, 0.717) is 37.6 Å². The van der Waals surface area contributed by atoms with Crippen LogP contribution in [0.5, 0.6) is 0 Å². The molecule has 0 saturated carbocycles. The van der Waals surface area contributed by atoms with Gasteiger partial charge in [0.25, 0.3) is 5.91 Å². The number of ether oxygens (including phenoxy) is 1. The number of morpholine rings is 1. The van der Waals surface area contributed by atoms with Gasteiger partial charge < -0.3 is 10.1 Å². The molecule has 1 saturated heterocycles. The molecule has 25 heavy (non-hydrogen) atoms. The van der Waals surface area contributed by atoms with Crippen molar-refractivity contribution in [3.05, 3.63) is 59.7 Å². The molecule has 0 aromatic heterocycles. The van der Waals surface area contributed by atoms with Crippen molar-refractivity contribution in [3.8, 4) is 0 Å². The highest BCUT2D eigenvalue weighted by atomic mass is 32.2. The fraction of sp³-hybridized carbons (Fsp3) is 0.278. The molecule has 1 fully saturated rings. The molecule has 132 valence electrons. The van der Waals surface area contributed by atoms with Gasteiger partial charge in [-0.2, -0.15) is 4.31 Å². The van der Waals surface area contributed by atoms with Crippen molar-refractivity contribution in [1.29, 1.82) is 0 Å². The van der Waals surface area contributed by atoms with Gasteiger partial charge >= 0.3 is 0 Å². The number of carbonyl (C=O) groups excluding carboxylic acids is 1. The summed E-state index contributed by atoms with van der Waals surface area (Å²) in [6, 6.07) is 13.5. The molecule has 1 aliphatic rings. The van der Waals surface area contributed by atoms with Gasteiger partial charge in [-0.3, -0.25) is 4.79 Å². The second kappa shape index (κ2) is 7.35. The van der Waals surface area contributed by atoms with Gasteiger partial charge in [0.1, 0.15) is 0 Å². The first-order valence-corrected chi connectivity index (χ1v) is 9.47. The summed E-state index contributed by atoms with van der Waals surface area (Å²) >= 11 is 0. The first-order valence-electron chi connectivity index (χ1n) is 8.03. The minimum absolute atomic E-state index is 0.117. The summed E-state index contributed by atoms with van der Waals surface area (Å²) in [5.74, 6) is -0.345. The second-order valence-electron chi connectivity index (χ2n) is 5.86. The van der Waals surface area contributed by atoms with Gasteiger partial charge in [-0.25, -0.2) is 8.42 Å². The van der Waals surface area contributed by atoms with Crippen molar-refractivity contribution in [2.24, 2.45) is 0 Å². The largest absolute Gasteiger partial charge is 0.379 e. The molecule has 2 aromatic rings. The summed E-state index contributed by atoms with van der Waals surface area (Å²) < 4.78 is 32.0. The minimum Gasteiger partial charge on any atom is -0.379 e. The van der Waals surface area contributed by atoms with Crippen molar-refractivity contribution in [2.75, 3.05) is 31.6 Å². The van der Waals surface area contributed by atoms with Gasteiger partial charge in [0.05, 0.1) is 18.1 Å². The summed E-state index contributed by atoms with van der Waals surface area (Å²) in [6.45, 7) is 3.37. The number of nitrogens with one attached hydrogen (secondary N) is 1. The molecular weight excluding hydrogens is 340 g/mol. The topological polar surface area (TPSA) is 75.7 Å². The zero-order valence-corrected chi connectivity index (χ0v) is 14.8. The van der Waals surface area contributed by atoms with E-state index in [9.17, 15) is 13.2 Å². The maximum atomic E-state index is 12.7. The van der Waals surface area contributed by atoms with Crippen LogP contribution in [0.3, 0.4) is 0 Å². The zero-order valence-electron chi connectivity index (χ0n) is 13.9. The van der Waals surface area contributed by atoms with Gasteiger partial charge in [0.15, 0.2) is 0 Å². The smallest absolute Gasteiger partial charge is 0.255 e. The number of nitrogens with zero attached hydrogens (tertiary/aromatic N) is 1.